The first-order valence-corrected chi connectivity index (χ1v) is 10.1. The second-order valence-corrected chi connectivity index (χ2v) is 8.41. The molecule has 0 bridgehead atoms. The highest BCUT2D eigenvalue weighted by atomic mass is 32.2. The molecule has 3 rings (SSSR count). The van der Waals surface area contributed by atoms with Crippen molar-refractivity contribution in [3.63, 3.8) is 0 Å². The minimum Gasteiger partial charge on any atom is -0.454 e. The maximum absolute atomic E-state index is 12.6. The monoisotopic (exact) mass is 390 g/mol. The number of amides is 1. The van der Waals surface area contributed by atoms with Crippen molar-refractivity contribution in [2.45, 2.75) is 25.3 Å². The summed E-state index contributed by atoms with van der Waals surface area (Å²) in [5, 5.41) is 2.78. The molecule has 1 aliphatic rings. The van der Waals surface area contributed by atoms with Crippen LogP contribution in [0.15, 0.2) is 47.4 Å². The van der Waals surface area contributed by atoms with Gasteiger partial charge in [-0.25, -0.2) is 13.1 Å². The molecule has 0 saturated heterocycles. The molecule has 0 radical (unpaired) electrons. The van der Waals surface area contributed by atoms with Crippen molar-refractivity contribution in [3.8, 4) is 11.5 Å². The molecule has 1 heterocycles. The molecule has 8 heteroatoms. The number of hydrogen-bond acceptors (Lipinski definition) is 5. The lowest BCUT2D eigenvalue weighted by molar-refractivity contribution is 0.0948. The lowest BCUT2D eigenvalue weighted by Gasteiger charge is -2.10. The van der Waals surface area contributed by atoms with E-state index in [1.807, 2.05) is 13.8 Å². The van der Waals surface area contributed by atoms with Crippen LogP contribution in [-0.2, 0) is 16.6 Å². The van der Waals surface area contributed by atoms with Crippen molar-refractivity contribution in [1.82, 2.24) is 10.0 Å². The van der Waals surface area contributed by atoms with Gasteiger partial charge in [0.1, 0.15) is 0 Å². The van der Waals surface area contributed by atoms with Gasteiger partial charge in [-0.05, 0) is 41.8 Å². The normalized spacial score (nSPS) is 13.0. The molecule has 0 aliphatic carbocycles. The van der Waals surface area contributed by atoms with Gasteiger partial charge in [0.2, 0.25) is 16.8 Å². The summed E-state index contributed by atoms with van der Waals surface area (Å²) in [6.45, 7) is 4.76. The zero-order valence-corrected chi connectivity index (χ0v) is 16.0. The van der Waals surface area contributed by atoms with Crippen molar-refractivity contribution in [2.75, 3.05) is 13.3 Å². The molecule has 0 fully saturated rings. The summed E-state index contributed by atoms with van der Waals surface area (Å²) in [5.41, 5.74) is 1.05. The maximum atomic E-state index is 12.6. The number of fused-ring (bicyclic) bond motifs is 1. The Morgan fingerprint density at radius 1 is 1.11 bits per heavy atom. The summed E-state index contributed by atoms with van der Waals surface area (Å²) in [7, 11) is -3.76. The minimum atomic E-state index is -3.76. The van der Waals surface area contributed by atoms with Crippen LogP contribution in [0.1, 0.15) is 29.8 Å². The van der Waals surface area contributed by atoms with Crippen LogP contribution in [0.4, 0.5) is 0 Å². The fourth-order valence-electron chi connectivity index (χ4n) is 2.52. The van der Waals surface area contributed by atoms with Gasteiger partial charge >= 0.3 is 0 Å². The minimum absolute atomic E-state index is 0.0421. The van der Waals surface area contributed by atoms with Gasteiger partial charge in [0.05, 0.1) is 4.90 Å². The number of carbonyl (C=O) groups is 1. The predicted molar refractivity (Wildman–Crippen MR) is 100 cm³/mol. The second-order valence-electron chi connectivity index (χ2n) is 6.64. The quantitative estimate of drug-likeness (QED) is 0.756. The topological polar surface area (TPSA) is 93.7 Å². The van der Waals surface area contributed by atoms with Crippen LogP contribution in [0, 0.1) is 5.92 Å². The summed E-state index contributed by atoms with van der Waals surface area (Å²) in [6.07, 6.45) is 0. The van der Waals surface area contributed by atoms with E-state index in [-0.39, 0.29) is 24.1 Å². The van der Waals surface area contributed by atoms with Crippen molar-refractivity contribution < 1.29 is 22.7 Å². The van der Waals surface area contributed by atoms with Crippen LogP contribution in [0.5, 0.6) is 11.5 Å². The van der Waals surface area contributed by atoms with Gasteiger partial charge in [0.15, 0.2) is 11.5 Å². The van der Waals surface area contributed by atoms with Gasteiger partial charge in [-0.2, -0.15) is 0 Å². The van der Waals surface area contributed by atoms with Crippen molar-refractivity contribution in [2.24, 2.45) is 5.92 Å². The third-order valence-electron chi connectivity index (χ3n) is 3.98. The van der Waals surface area contributed by atoms with E-state index in [0.29, 0.717) is 29.5 Å². The van der Waals surface area contributed by atoms with Crippen LogP contribution < -0.4 is 19.5 Å². The Bertz CT molecular complexity index is 941. The third kappa shape index (κ3) is 4.78. The molecular weight excluding hydrogens is 368 g/mol. The van der Waals surface area contributed by atoms with E-state index in [4.69, 9.17) is 9.47 Å². The molecule has 0 atom stereocenters. The summed E-state index contributed by atoms with van der Waals surface area (Å²) in [4.78, 5) is 12.2. The number of hydrogen-bond donors (Lipinski definition) is 2. The molecule has 144 valence electrons. The molecule has 7 nitrogen and oxygen atoms in total. The Kier molecular flexibility index (Phi) is 5.67. The first-order valence-electron chi connectivity index (χ1n) is 8.61. The van der Waals surface area contributed by atoms with Crippen molar-refractivity contribution >= 4 is 15.9 Å². The van der Waals surface area contributed by atoms with E-state index in [1.165, 1.54) is 12.1 Å². The highest BCUT2D eigenvalue weighted by Crippen LogP contribution is 2.32. The summed E-state index contributed by atoms with van der Waals surface area (Å²) in [5.74, 6) is 1.25. The number of nitrogens with one attached hydrogen (secondary N) is 2. The lowest BCUT2D eigenvalue weighted by atomic mass is 10.2. The number of rotatable bonds is 7. The largest absolute Gasteiger partial charge is 0.454 e. The third-order valence-corrected chi connectivity index (χ3v) is 5.38. The number of benzene rings is 2. The Balaban J connectivity index is 1.69. The van der Waals surface area contributed by atoms with Crippen LogP contribution in [0.25, 0.3) is 0 Å². The molecule has 2 aromatic rings. The predicted octanol–water partition coefficient (Wildman–Crippen LogP) is 2.28. The molecule has 0 spiro atoms. The number of carbonyl (C=O) groups excluding carboxylic acids is 1. The zero-order valence-electron chi connectivity index (χ0n) is 15.2. The fraction of sp³-hybridized carbons (Fsp3) is 0.316. The van der Waals surface area contributed by atoms with Crippen LogP contribution >= 0.6 is 0 Å². The Morgan fingerprint density at radius 3 is 2.67 bits per heavy atom. The van der Waals surface area contributed by atoms with E-state index >= 15 is 0 Å². The Morgan fingerprint density at radius 2 is 1.89 bits per heavy atom. The van der Waals surface area contributed by atoms with E-state index in [1.54, 1.807) is 30.3 Å². The lowest BCUT2D eigenvalue weighted by Crippen LogP contribution is -2.28. The van der Waals surface area contributed by atoms with Crippen LogP contribution in [-0.4, -0.2) is 27.7 Å². The SMILES string of the molecule is CC(C)CNC(=O)c1cccc(S(=O)(=O)NCc2ccc3c(c2)OCO3)c1. The van der Waals surface area contributed by atoms with E-state index in [9.17, 15) is 13.2 Å². The van der Waals surface area contributed by atoms with Crippen molar-refractivity contribution in [3.05, 3.63) is 53.6 Å². The average molecular weight is 390 g/mol. The van der Waals surface area contributed by atoms with Gasteiger partial charge in [0, 0.05) is 18.7 Å². The van der Waals surface area contributed by atoms with Gasteiger partial charge in [-0.3, -0.25) is 4.79 Å². The highest BCUT2D eigenvalue weighted by molar-refractivity contribution is 7.89. The molecule has 0 saturated carbocycles. The first kappa shape index (κ1) is 19.2. The van der Waals surface area contributed by atoms with Gasteiger partial charge in [0.25, 0.3) is 5.91 Å². The molecule has 27 heavy (non-hydrogen) atoms. The molecular formula is C19H22N2O5S. The fourth-order valence-corrected chi connectivity index (χ4v) is 3.58. The van der Waals surface area contributed by atoms with Crippen LogP contribution in [0.3, 0.4) is 0 Å². The Hall–Kier alpha value is -2.58. The summed E-state index contributed by atoms with van der Waals surface area (Å²) >= 11 is 0. The van der Waals surface area contributed by atoms with Gasteiger partial charge in [-0.1, -0.05) is 26.0 Å². The molecule has 0 aromatic heterocycles. The number of ether oxygens (including phenoxy) is 2. The van der Waals surface area contributed by atoms with Gasteiger partial charge < -0.3 is 14.8 Å². The van der Waals surface area contributed by atoms with E-state index < -0.39 is 10.0 Å². The zero-order chi connectivity index (χ0) is 19.4. The number of sulfonamides is 1. The molecule has 2 aromatic carbocycles. The van der Waals surface area contributed by atoms with Crippen LogP contribution in [0.2, 0.25) is 0 Å². The summed E-state index contributed by atoms with van der Waals surface area (Å²) < 4.78 is 38.2. The highest BCUT2D eigenvalue weighted by Gasteiger charge is 2.18. The molecule has 1 aliphatic heterocycles. The smallest absolute Gasteiger partial charge is 0.251 e. The summed E-state index contributed by atoms with van der Waals surface area (Å²) in [6, 6.07) is 11.2. The second kappa shape index (κ2) is 7.98. The van der Waals surface area contributed by atoms with Gasteiger partial charge in [-0.15, -0.1) is 0 Å². The average Bonchev–Trinajstić information content (AvgIpc) is 3.12. The van der Waals surface area contributed by atoms with Crippen molar-refractivity contribution in [1.29, 1.82) is 0 Å². The van der Waals surface area contributed by atoms with E-state index in [0.717, 1.165) is 5.56 Å². The maximum Gasteiger partial charge on any atom is 0.251 e. The molecule has 1 amide bonds. The Labute approximate surface area is 158 Å². The standard InChI is InChI=1S/C19H22N2O5S/c1-13(2)10-20-19(22)15-4-3-5-16(9-15)27(23,24)21-11-14-6-7-17-18(8-14)26-12-25-17/h3-9,13,21H,10-12H2,1-2H3,(H,20,22). The first-order chi connectivity index (χ1) is 12.8. The molecule has 2 N–H and O–H groups in total. The van der Waals surface area contributed by atoms with E-state index in [2.05, 4.69) is 10.0 Å². The molecule has 0 unspecified atom stereocenters.